The molecule has 10 heteroatoms. The molecule has 0 radical (unpaired) electrons. The molecular weight excluding hydrogens is 481 g/mol. The van der Waals surface area contributed by atoms with Gasteiger partial charge in [0.1, 0.15) is 11.9 Å². The fourth-order valence-corrected chi connectivity index (χ4v) is 7.69. The van der Waals surface area contributed by atoms with E-state index in [0.29, 0.717) is 18.6 Å². The van der Waals surface area contributed by atoms with Crippen LogP contribution in [0, 0.1) is 11.7 Å². The number of hydrogen-bond acceptors (Lipinski definition) is 4. The van der Waals surface area contributed by atoms with Crippen LogP contribution < -0.4 is 10.6 Å². The minimum atomic E-state index is -1.18. The molecular formula is C26H36FN5O3S. The number of benzene rings is 1. The Hall–Kier alpha value is -2.30. The lowest BCUT2D eigenvalue weighted by atomic mass is 9.82. The lowest BCUT2D eigenvalue weighted by molar-refractivity contribution is -0.139. The van der Waals surface area contributed by atoms with Crippen LogP contribution in [0.4, 0.5) is 4.39 Å². The van der Waals surface area contributed by atoms with Crippen LogP contribution >= 0.6 is 0 Å². The number of carbonyl (C=O) groups is 2. The first-order chi connectivity index (χ1) is 17.4. The van der Waals surface area contributed by atoms with Crippen LogP contribution in [0.2, 0.25) is 0 Å². The normalized spacial score (nSPS) is 26.8. The van der Waals surface area contributed by atoms with Gasteiger partial charge >= 0.3 is 0 Å². The maximum absolute atomic E-state index is 14.2. The van der Waals surface area contributed by atoms with Crippen LogP contribution in [-0.4, -0.2) is 81.3 Å². The SMILES string of the molecule is CNCC(=O)NC(C(=O)N1CCC2C1C(c1c[nH]c3cc(F)ccc13)CN2S(C)=O)C1CCCCC1. The zero-order valence-corrected chi connectivity index (χ0v) is 21.8. The third kappa shape index (κ3) is 4.70. The molecule has 2 saturated heterocycles. The molecule has 1 aromatic carbocycles. The summed E-state index contributed by atoms with van der Waals surface area (Å²) in [4.78, 5) is 31.9. The molecule has 5 rings (SSSR count). The number of likely N-dealkylation sites (N-methyl/N-ethyl adjacent to an activating group) is 1. The van der Waals surface area contributed by atoms with Crippen molar-refractivity contribution in [3.63, 3.8) is 0 Å². The molecule has 0 spiro atoms. The van der Waals surface area contributed by atoms with Gasteiger partial charge in [0.25, 0.3) is 0 Å². The number of amides is 2. The molecule has 2 aliphatic heterocycles. The van der Waals surface area contributed by atoms with E-state index in [1.54, 1.807) is 19.4 Å². The number of likely N-dealkylation sites (tertiary alicyclic amines) is 1. The van der Waals surface area contributed by atoms with Gasteiger partial charge in [-0.1, -0.05) is 19.3 Å². The fourth-order valence-electron chi connectivity index (χ4n) is 6.71. The molecule has 3 N–H and O–H groups in total. The van der Waals surface area contributed by atoms with Gasteiger partial charge in [0, 0.05) is 48.4 Å². The maximum atomic E-state index is 14.2. The summed E-state index contributed by atoms with van der Waals surface area (Å²) >= 11 is 0. The Bertz CT molecular complexity index is 1150. The van der Waals surface area contributed by atoms with Gasteiger partial charge in [0.2, 0.25) is 11.8 Å². The Morgan fingerprint density at radius 3 is 2.72 bits per heavy atom. The van der Waals surface area contributed by atoms with Crippen LogP contribution in [-0.2, 0) is 20.6 Å². The van der Waals surface area contributed by atoms with Crippen LogP contribution in [0.5, 0.6) is 0 Å². The van der Waals surface area contributed by atoms with Crippen LogP contribution in [0.1, 0.15) is 50.0 Å². The number of halogens is 1. The minimum Gasteiger partial charge on any atom is -0.361 e. The Kier molecular flexibility index (Phi) is 7.46. The predicted octanol–water partition coefficient (Wildman–Crippen LogP) is 2.25. The summed E-state index contributed by atoms with van der Waals surface area (Å²) in [5.74, 6) is -0.446. The van der Waals surface area contributed by atoms with Gasteiger partial charge in [0.15, 0.2) is 0 Å². The molecule has 1 saturated carbocycles. The van der Waals surface area contributed by atoms with Gasteiger partial charge in [-0.2, -0.15) is 0 Å². The number of nitrogens with zero attached hydrogens (tertiary/aromatic N) is 2. The van der Waals surface area contributed by atoms with Gasteiger partial charge in [-0.05, 0) is 56.0 Å². The number of aromatic nitrogens is 1. The molecule has 1 aliphatic carbocycles. The zero-order chi connectivity index (χ0) is 25.4. The van der Waals surface area contributed by atoms with Gasteiger partial charge < -0.3 is 20.5 Å². The Labute approximate surface area is 213 Å². The van der Waals surface area contributed by atoms with E-state index in [1.165, 1.54) is 12.1 Å². The number of aromatic amines is 1. The van der Waals surface area contributed by atoms with Crippen molar-refractivity contribution in [1.82, 2.24) is 24.8 Å². The van der Waals surface area contributed by atoms with Crippen LogP contribution in [0.3, 0.4) is 0 Å². The lowest BCUT2D eigenvalue weighted by Gasteiger charge is -2.36. The molecule has 5 unspecified atom stereocenters. The summed E-state index contributed by atoms with van der Waals surface area (Å²) in [6.07, 6.45) is 9.50. The van der Waals surface area contributed by atoms with Gasteiger partial charge in [-0.3, -0.25) is 9.59 Å². The average molecular weight is 518 g/mol. The zero-order valence-electron chi connectivity index (χ0n) is 21.0. The second kappa shape index (κ2) is 10.6. The molecule has 2 aromatic rings. The van der Waals surface area contributed by atoms with E-state index in [1.807, 2.05) is 15.4 Å². The van der Waals surface area contributed by atoms with E-state index in [-0.39, 0.29) is 48.1 Å². The second-order valence-electron chi connectivity index (χ2n) is 10.4. The van der Waals surface area contributed by atoms with Gasteiger partial charge in [-0.25, -0.2) is 12.9 Å². The first-order valence-electron chi connectivity index (χ1n) is 13.0. The third-order valence-corrected chi connectivity index (χ3v) is 9.39. The summed E-state index contributed by atoms with van der Waals surface area (Å²) in [5.41, 5.74) is 1.73. The Morgan fingerprint density at radius 1 is 1.22 bits per heavy atom. The first kappa shape index (κ1) is 25.4. The van der Waals surface area contributed by atoms with E-state index in [2.05, 4.69) is 15.6 Å². The van der Waals surface area contributed by atoms with Crippen molar-refractivity contribution in [3.8, 4) is 0 Å². The van der Waals surface area contributed by atoms with E-state index < -0.39 is 17.0 Å². The molecule has 3 fully saturated rings. The van der Waals surface area contributed by atoms with Crippen LogP contribution in [0.15, 0.2) is 24.4 Å². The van der Waals surface area contributed by atoms with E-state index >= 15 is 0 Å². The summed E-state index contributed by atoms with van der Waals surface area (Å²) in [6, 6.07) is 3.99. The topological polar surface area (TPSA) is 97.5 Å². The molecule has 3 aliphatic rings. The lowest BCUT2D eigenvalue weighted by Crippen LogP contribution is -2.56. The molecule has 3 heterocycles. The summed E-state index contributed by atoms with van der Waals surface area (Å²) in [7, 11) is 0.541. The van der Waals surface area contributed by atoms with E-state index in [9.17, 15) is 18.2 Å². The number of hydrogen-bond donors (Lipinski definition) is 3. The van der Waals surface area contributed by atoms with Gasteiger partial charge in [-0.15, -0.1) is 0 Å². The molecule has 0 bridgehead atoms. The largest absolute Gasteiger partial charge is 0.361 e. The highest BCUT2D eigenvalue weighted by atomic mass is 32.2. The van der Waals surface area contributed by atoms with Gasteiger partial charge in [0.05, 0.1) is 23.6 Å². The highest BCUT2D eigenvalue weighted by Crippen LogP contribution is 2.44. The molecule has 1 aromatic heterocycles. The summed E-state index contributed by atoms with van der Waals surface area (Å²) < 4.78 is 28.5. The molecule has 2 amide bonds. The van der Waals surface area contributed by atoms with Crippen molar-refractivity contribution in [2.45, 2.75) is 62.6 Å². The highest BCUT2D eigenvalue weighted by Gasteiger charge is 2.53. The summed E-state index contributed by atoms with van der Waals surface area (Å²) in [6.45, 7) is 1.30. The quantitative estimate of drug-likeness (QED) is 0.525. The monoisotopic (exact) mass is 517 g/mol. The van der Waals surface area contributed by atoms with Crippen molar-refractivity contribution >= 4 is 33.7 Å². The Morgan fingerprint density at radius 2 is 2.00 bits per heavy atom. The first-order valence-corrected chi connectivity index (χ1v) is 14.5. The predicted molar refractivity (Wildman–Crippen MR) is 138 cm³/mol. The van der Waals surface area contributed by atoms with Crippen LogP contribution in [0.25, 0.3) is 10.9 Å². The molecule has 8 nitrogen and oxygen atoms in total. The van der Waals surface area contributed by atoms with Crippen molar-refractivity contribution in [2.24, 2.45) is 5.92 Å². The molecule has 5 atom stereocenters. The smallest absolute Gasteiger partial charge is 0.245 e. The molecule has 36 heavy (non-hydrogen) atoms. The number of H-pyrrole nitrogens is 1. The average Bonchev–Trinajstić information content (AvgIpc) is 3.56. The maximum Gasteiger partial charge on any atom is 0.245 e. The summed E-state index contributed by atoms with van der Waals surface area (Å²) in [5, 5.41) is 6.85. The highest BCUT2D eigenvalue weighted by molar-refractivity contribution is 7.81. The number of fused-ring (bicyclic) bond motifs is 2. The fraction of sp³-hybridized carbons (Fsp3) is 0.615. The van der Waals surface area contributed by atoms with Crippen molar-refractivity contribution in [1.29, 1.82) is 0 Å². The number of carbonyl (C=O) groups excluding carboxylic acids is 2. The Balaban J connectivity index is 1.48. The van der Waals surface area contributed by atoms with Crippen molar-refractivity contribution in [2.75, 3.05) is 32.9 Å². The van der Waals surface area contributed by atoms with Crippen molar-refractivity contribution in [3.05, 3.63) is 35.8 Å². The third-order valence-electron chi connectivity index (χ3n) is 8.31. The van der Waals surface area contributed by atoms with E-state index in [4.69, 9.17) is 0 Å². The molecule has 196 valence electrons. The number of nitrogens with one attached hydrogen (secondary N) is 3. The van der Waals surface area contributed by atoms with E-state index in [0.717, 1.165) is 49.5 Å². The minimum absolute atomic E-state index is 0.0183. The van der Waals surface area contributed by atoms with Crippen molar-refractivity contribution < 1.29 is 18.2 Å². The second-order valence-corrected chi connectivity index (χ2v) is 11.7. The number of rotatable bonds is 7. The standard InChI is InChI=1S/C26H36FN5O3S/c1-28-14-23(33)30-24(16-6-4-3-5-7-16)26(34)31-11-10-22-25(31)20(15-32(22)36(2)35)19-13-29-21-12-17(27)8-9-18(19)21/h8-9,12-13,16,20,22,24-25,28-29H,3-7,10-11,14-15H2,1-2H3,(H,30,33).